The van der Waals surface area contributed by atoms with Crippen molar-refractivity contribution >= 4 is 23.4 Å². The van der Waals surface area contributed by atoms with Gasteiger partial charge in [0, 0.05) is 45.9 Å². The molecule has 316 valence electrons. The highest BCUT2D eigenvalue weighted by atomic mass is 16.7. The summed E-state index contributed by atoms with van der Waals surface area (Å²) in [7, 11) is 1.54. The molecule has 13 heteroatoms. The Morgan fingerprint density at radius 2 is 1.27 bits per heavy atom. The summed E-state index contributed by atoms with van der Waals surface area (Å²) in [6.45, 7) is 0.728. The number of methoxy groups -OCH3 is 1. The smallest absolute Gasteiger partial charge is 0.335 e. The number of carboxylic acids is 1. The molecule has 13 nitrogen and oxygen atoms in total. The van der Waals surface area contributed by atoms with Crippen LogP contribution in [-0.2, 0) is 39.8 Å². The second kappa shape index (κ2) is 29.7. The van der Waals surface area contributed by atoms with Crippen LogP contribution in [0.5, 0.6) is 5.75 Å². The SMILES string of the molecule is CO[C@@H](CC/C=C\CCCCC(=O)CCCCCCC(=O)CC/C=C\CCCCCCO[C@@H]1O[C@H](C(=O)O)[C@@H](O)[C@H](O)[C@H]1O)C(=O)NCCc1ccc(O)cc1. The van der Waals surface area contributed by atoms with Gasteiger partial charge in [0.05, 0.1) is 0 Å². The number of carboxylic acid groups (broad SMARTS) is 1. The fourth-order valence-electron chi connectivity index (χ4n) is 6.37. The van der Waals surface area contributed by atoms with Gasteiger partial charge in [0.15, 0.2) is 12.4 Å². The predicted molar refractivity (Wildman–Crippen MR) is 212 cm³/mol. The van der Waals surface area contributed by atoms with E-state index in [4.69, 9.17) is 19.3 Å². The predicted octanol–water partition coefficient (Wildman–Crippen LogP) is 5.64. The Labute approximate surface area is 332 Å². The molecule has 1 aliphatic rings. The molecule has 1 aromatic carbocycles. The molecule has 56 heavy (non-hydrogen) atoms. The lowest BCUT2D eigenvalue weighted by Crippen LogP contribution is -2.60. The zero-order valence-corrected chi connectivity index (χ0v) is 33.2. The molecule has 0 unspecified atom stereocenters. The van der Waals surface area contributed by atoms with Crippen LogP contribution >= 0.6 is 0 Å². The first-order valence-electron chi connectivity index (χ1n) is 20.5. The number of benzene rings is 1. The number of rotatable bonds is 32. The molecule has 1 aromatic rings. The van der Waals surface area contributed by atoms with E-state index in [9.17, 15) is 39.6 Å². The number of carbonyl (C=O) groups is 4. The molecule has 1 heterocycles. The third-order valence-corrected chi connectivity index (χ3v) is 9.84. The molecule has 1 fully saturated rings. The highest BCUT2D eigenvalue weighted by Gasteiger charge is 2.47. The first-order valence-corrected chi connectivity index (χ1v) is 20.5. The van der Waals surface area contributed by atoms with Gasteiger partial charge in [-0.15, -0.1) is 0 Å². The molecule has 0 spiro atoms. The number of hydrogen-bond acceptors (Lipinski definition) is 11. The number of unbranched alkanes of at least 4 members (excludes halogenated alkanes) is 9. The third-order valence-electron chi connectivity index (χ3n) is 9.84. The second-order valence-electron chi connectivity index (χ2n) is 14.5. The Hall–Kier alpha value is -3.46. The van der Waals surface area contributed by atoms with E-state index in [2.05, 4.69) is 23.5 Å². The van der Waals surface area contributed by atoms with Gasteiger partial charge >= 0.3 is 5.97 Å². The number of ketones is 2. The van der Waals surface area contributed by atoms with Crippen LogP contribution in [0.15, 0.2) is 48.6 Å². The monoisotopic (exact) mass is 789 g/mol. The van der Waals surface area contributed by atoms with E-state index in [0.29, 0.717) is 57.3 Å². The molecule has 0 bridgehead atoms. The van der Waals surface area contributed by atoms with Crippen molar-refractivity contribution in [3.05, 3.63) is 54.1 Å². The molecule has 0 aromatic heterocycles. The first kappa shape index (κ1) is 48.7. The van der Waals surface area contributed by atoms with Crippen LogP contribution in [0.1, 0.15) is 128 Å². The molecule has 1 saturated heterocycles. The number of aliphatic hydroxyl groups is 3. The van der Waals surface area contributed by atoms with Crippen molar-refractivity contribution in [2.24, 2.45) is 0 Å². The van der Waals surface area contributed by atoms with Crippen molar-refractivity contribution in [1.29, 1.82) is 0 Å². The first-order chi connectivity index (χ1) is 27.0. The standard InChI is InChI=1S/C43H67NO12/c1-54-36(41(51)44-30-29-32-25-27-35(47)28-26-32)24-18-10-6-5-9-15-21-34(46)23-17-12-11-16-22-33(45)20-14-8-4-2-3-7-13-19-31-55-43-39(50)37(48)38(49)40(56-43)42(52)53/h4,6,8,10,25-28,36-40,43,47-50H,2-3,5,7,9,11-24,29-31H2,1H3,(H,44,51)(H,52,53)/b8-4-,10-6-/t36-,37-,38-,39+,40-,43+/m0/s1. The molecule has 6 atom stereocenters. The largest absolute Gasteiger partial charge is 0.508 e. The number of phenolic OH excluding ortho intramolecular Hbond substituents is 1. The third kappa shape index (κ3) is 21.2. The minimum Gasteiger partial charge on any atom is -0.508 e. The summed E-state index contributed by atoms with van der Waals surface area (Å²) >= 11 is 0. The number of ether oxygens (including phenoxy) is 3. The van der Waals surface area contributed by atoms with Crippen LogP contribution in [0.4, 0.5) is 0 Å². The fraction of sp³-hybridized carbons (Fsp3) is 0.674. The topological polar surface area (TPSA) is 209 Å². The summed E-state index contributed by atoms with van der Waals surface area (Å²) in [5.41, 5.74) is 1.04. The van der Waals surface area contributed by atoms with E-state index in [0.717, 1.165) is 89.0 Å². The zero-order chi connectivity index (χ0) is 41.0. The summed E-state index contributed by atoms with van der Waals surface area (Å²) in [6.07, 6.45) is 15.7. The van der Waals surface area contributed by atoms with Crippen LogP contribution in [0.25, 0.3) is 0 Å². The molecule has 1 amide bonds. The Morgan fingerprint density at radius 1 is 0.714 bits per heavy atom. The van der Waals surface area contributed by atoms with Crippen molar-refractivity contribution in [3.63, 3.8) is 0 Å². The number of nitrogens with one attached hydrogen (secondary N) is 1. The second-order valence-corrected chi connectivity index (χ2v) is 14.5. The maximum Gasteiger partial charge on any atom is 0.335 e. The zero-order valence-electron chi connectivity index (χ0n) is 33.2. The highest BCUT2D eigenvalue weighted by molar-refractivity contribution is 5.80. The van der Waals surface area contributed by atoms with Crippen LogP contribution in [0, 0.1) is 0 Å². The van der Waals surface area contributed by atoms with E-state index in [1.165, 1.54) is 0 Å². The lowest BCUT2D eigenvalue weighted by atomic mass is 9.99. The maximum absolute atomic E-state index is 12.4. The number of carbonyl (C=O) groups excluding carboxylic acids is 3. The number of phenols is 1. The van der Waals surface area contributed by atoms with Crippen molar-refractivity contribution in [1.82, 2.24) is 5.32 Å². The van der Waals surface area contributed by atoms with Crippen molar-refractivity contribution in [2.75, 3.05) is 20.3 Å². The van der Waals surface area contributed by atoms with Crippen molar-refractivity contribution in [3.8, 4) is 5.75 Å². The van der Waals surface area contributed by atoms with Gasteiger partial charge in [-0.3, -0.25) is 14.4 Å². The van der Waals surface area contributed by atoms with E-state index in [1.807, 2.05) is 18.2 Å². The molecule has 0 radical (unpaired) electrons. The molecule has 6 N–H and O–H groups in total. The molecule has 2 rings (SSSR count). The lowest BCUT2D eigenvalue weighted by Gasteiger charge is -2.38. The number of amides is 1. The quantitative estimate of drug-likeness (QED) is 0.0387. The fourth-order valence-corrected chi connectivity index (χ4v) is 6.37. The normalized spacial score (nSPS) is 20.4. The Bertz CT molecular complexity index is 1320. The summed E-state index contributed by atoms with van der Waals surface area (Å²) in [5, 5.41) is 50.9. The Morgan fingerprint density at radius 3 is 1.91 bits per heavy atom. The lowest BCUT2D eigenvalue weighted by molar-refractivity contribution is -0.294. The molecule has 0 saturated carbocycles. The minimum atomic E-state index is -1.73. The molecular formula is C43H67NO12. The summed E-state index contributed by atoms with van der Waals surface area (Å²) in [4.78, 5) is 48.0. The van der Waals surface area contributed by atoms with Gasteiger partial charge in [-0.05, 0) is 94.7 Å². The van der Waals surface area contributed by atoms with Gasteiger partial charge in [-0.25, -0.2) is 4.79 Å². The summed E-state index contributed by atoms with van der Waals surface area (Å²) in [5.74, 6) is -0.771. The maximum atomic E-state index is 12.4. The Balaban J connectivity index is 1.35. The molecule has 1 aliphatic heterocycles. The van der Waals surface area contributed by atoms with Crippen LogP contribution in [0.2, 0.25) is 0 Å². The van der Waals surface area contributed by atoms with E-state index >= 15 is 0 Å². The number of aliphatic hydroxyl groups excluding tert-OH is 3. The minimum absolute atomic E-state index is 0.125. The average Bonchev–Trinajstić information content (AvgIpc) is 3.18. The van der Waals surface area contributed by atoms with Gasteiger partial charge in [-0.2, -0.15) is 0 Å². The number of Topliss-reactive ketones (excluding diaryl/α,β-unsaturated/α-hetero) is 2. The molecule has 0 aliphatic carbocycles. The van der Waals surface area contributed by atoms with Crippen LogP contribution in [-0.4, -0.2) is 106 Å². The number of hydrogen-bond donors (Lipinski definition) is 6. The number of allylic oxidation sites excluding steroid dienone is 4. The highest BCUT2D eigenvalue weighted by Crippen LogP contribution is 2.23. The summed E-state index contributed by atoms with van der Waals surface area (Å²) in [6, 6.07) is 6.93. The van der Waals surface area contributed by atoms with Crippen molar-refractivity contribution in [2.45, 2.75) is 165 Å². The van der Waals surface area contributed by atoms with Gasteiger partial charge in [0.1, 0.15) is 41.7 Å². The number of aromatic hydroxyl groups is 1. The molecular weight excluding hydrogens is 722 g/mol. The van der Waals surface area contributed by atoms with Crippen molar-refractivity contribution < 1.29 is 58.9 Å². The van der Waals surface area contributed by atoms with Gasteiger partial charge in [0.2, 0.25) is 5.91 Å². The average molecular weight is 790 g/mol. The number of aliphatic carboxylic acids is 1. The van der Waals surface area contributed by atoms with Gasteiger partial charge in [-0.1, -0.05) is 62.1 Å². The van der Waals surface area contributed by atoms with Gasteiger partial charge < -0.3 is 45.1 Å². The Kier molecular flexibility index (Phi) is 25.9. The van der Waals surface area contributed by atoms with E-state index in [1.54, 1.807) is 19.2 Å². The summed E-state index contributed by atoms with van der Waals surface area (Å²) < 4.78 is 15.9. The van der Waals surface area contributed by atoms with E-state index in [-0.39, 0.29) is 24.0 Å². The van der Waals surface area contributed by atoms with E-state index < -0.39 is 42.8 Å². The van der Waals surface area contributed by atoms with Gasteiger partial charge in [0.25, 0.3) is 0 Å². The van der Waals surface area contributed by atoms with Crippen LogP contribution < -0.4 is 5.32 Å². The van der Waals surface area contributed by atoms with Crippen LogP contribution in [0.3, 0.4) is 0 Å².